The van der Waals surface area contributed by atoms with Crippen LogP contribution in [-0.2, 0) is 19.2 Å². The SMILES string of the molecule is C[C@H](CCNOC(=O)C[C@H](O)C[C@H](O)C(C)(C)C1CC1(C)[C@H](C)CCN)C(C)(C)CC(C)(C)[C@@H]1CCCC(=O)O1. The molecule has 5 N–H and O–H groups in total. The molecule has 2 unspecified atom stereocenters. The minimum absolute atomic E-state index is 0.00206. The first kappa shape index (κ1) is 35.0. The molecule has 0 bridgehead atoms. The van der Waals surface area contributed by atoms with Gasteiger partial charge >= 0.3 is 11.9 Å². The number of nitrogens with two attached hydrogens (primary N) is 1. The Morgan fingerprint density at radius 3 is 2.42 bits per heavy atom. The number of hydrogen-bond donors (Lipinski definition) is 4. The molecule has 1 saturated carbocycles. The molecular weight excluding hydrogens is 508 g/mol. The van der Waals surface area contributed by atoms with E-state index in [1.54, 1.807) is 0 Å². The summed E-state index contributed by atoms with van der Waals surface area (Å²) >= 11 is 0. The molecule has 8 nitrogen and oxygen atoms in total. The molecule has 2 rings (SSSR count). The number of rotatable bonds is 17. The maximum atomic E-state index is 12.3. The summed E-state index contributed by atoms with van der Waals surface area (Å²) in [7, 11) is 0. The van der Waals surface area contributed by atoms with E-state index in [9.17, 15) is 19.8 Å². The molecule has 7 atom stereocenters. The molecule has 1 aliphatic carbocycles. The lowest BCUT2D eigenvalue weighted by atomic mass is 9.65. The van der Waals surface area contributed by atoms with Crippen molar-refractivity contribution in [3.05, 3.63) is 0 Å². The third-order valence-electron chi connectivity index (χ3n) is 10.8. The number of ether oxygens (including phenoxy) is 1. The van der Waals surface area contributed by atoms with Crippen LogP contribution in [0, 0.1) is 39.4 Å². The van der Waals surface area contributed by atoms with Gasteiger partial charge in [0.25, 0.3) is 0 Å². The lowest BCUT2D eigenvalue weighted by molar-refractivity contribution is -0.163. The molecule has 40 heavy (non-hydrogen) atoms. The Labute approximate surface area is 243 Å². The fourth-order valence-corrected chi connectivity index (χ4v) is 7.25. The largest absolute Gasteiger partial charge is 0.462 e. The van der Waals surface area contributed by atoms with Crippen molar-refractivity contribution in [2.24, 2.45) is 45.1 Å². The number of aliphatic hydroxyl groups excluding tert-OH is 2. The Bertz CT molecular complexity index is 843. The monoisotopic (exact) mass is 568 g/mol. The van der Waals surface area contributed by atoms with Crippen molar-refractivity contribution in [3.63, 3.8) is 0 Å². The van der Waals surface area contributed by atoms with Gasteiger partial charge in [0.2, 0.25) is 0 Å². The van der Waals surface area contributed by atoms with Gasteiger partial charge in [-0.3, -0.25) is 9.59 Å². The van der Waals surface area contributed by atoms with Crippen molar-refractivity contribution in [2.45, 2.75) is 138 Å². The zero-order valence-electron chi connectivity index (χ0n) is 26.8. The van der Waals surface area contributed by atoms with Crippen LogP contribution in [0.5, 0.6) is 0 Å². The zero-order chi connectivity index (χ0) is 30.5. The highest BCUT2D eigenvalue weighted by Crippen LogP contribution is 2.66. The van der Waals surface area contributed by atoms with Crippen LogP contribution in [0.15, 0.2) is 0 Å². The van der Waals surface area contributed by atoms with E-state index in [0.717, 1.165) is 38.5 Å². The first-order chi connectivity index (χ1) is 18.4. The summed E-state index contributed by atoms with van der Waals surface area (Å²) in [5, 5.41) is 21.5. The van der Waals surface area contributed by atoms with E-state index in [1.165, 1.54) is 0 Å². The fraction of sp³-hybridized carbons (Fsp3) is 0.938. The van der Waals surface area contributed by atoms with Crippen LogP contribution in [0.1, 0.15) is 120 Å². The summed E-state index contributed by atoms with van der Waals surface area (Å²) in [6.07, 6.45) is 4.27. The smallest absolute Gasteiger partial charge is 0.327 e. The summed E-state index contributed by atoms with van der Waals surface area (Å²) in [5.41, 5.74) is 8.20. The van der Waals surface area contributed by atoms with Gasteiger partial charge in [-0.15, -0.1) is 0 Å². The summed E-state index contributed by atoms with van der Waals surface area (Å²) in [6.45, 7) is 20.8. The van der Waals surface area contributed by atoms with E-state index < -0.39 is 18.2 Å². The Balaban J connectivity index is 1.72. The second-order valence-electron chi connectivity index (χ2n) is 15.3. The predicted molar refractivity (Wildman–Crippen MR) is 158 cm³/mol. The Morgan fingerprint density at radius 1 is 1.18 bits per heavy atom. The van der Waals surface area contributed by atoms with E-state index in [-0.39, 0.29) is 46.6 Å². The Hall–Kier alpha value is -1.22. The van der Waals surface area contributed by atoms with Gasteiger partial charge in [-0.25, -0.2) is 0 Å². The summed E-state index contributed by atoms with van der Waals surface area (Å²) in [4.78, 5) is 29.4. The molecule has 0 amide bonds. The number of esters is 1. The maximum Gasteiger partial charge on any atom is 0.327 e. The molecule has 0 aromatic heterocycles. The normalized spacial score (nSPS) is 26.9. The Morgan fingerprint density at radius 2 is 1.82 bits per heavy atom. The summed E-state index contributed by atoms with van der Waals surface area (Å²) in [6, 6.07) is 0. The van der Waals surface area contributed by atoms with E-state index in [0.29, 0.717) is 37.3 Å². The van der Waals surface area contributed by atoms with Crippen LogP contribution < -0.4 is 11.2 Å². The fourth-order valence-electron chi connectivity index (χ4n) is 7.25. The zero-order valence-corrected chi connectivity index (χ0v) is 26.8. The van der Waals surface area contributed by atoms with Gasteiger partial charge in [0.15, 0.2) is 0 Å². The molecular formula is C32H60N2O6. The van der Waals surface area contributed by atoms with E-state index in [1.807, 2.05) is 0 Å². The number of hydroxylamine groups is 1. The van der Waals surface area contributed by atoms with Gasteiger partial charge in [0.05, 0.1) is 18.6 Å². The van der Waals surface area contributed by atoms with Crippen molar-refractivity contribution in [3.8, 4) is 0 Å². The van der Waals surface area contributed by atoms with Gasteiger partial charge in [0.1, 0.15) is 6.10 Å². The van der Waals surface area contributed by atoms with Crippen molar-refractivity contribution in [1.82, 2.24) is 5.48 Å². The molecule has 0 spiro atoms. The van der Waals surface area contributed by atoms with Gasteiger partial charge in [-0.1, -0.05) is 62.3 Å². The first-order valence-electron chi connectivity index (χ1n) is 15.5. The second kappa shape index (κ2) is 13.8. The van der Waals surface area contributed by atoms with Gasteiger partial charge < -0.3 is 25.5 Å². The molecule has 2 aliphatic rings. The minimum Gasteiger partial charge on any atom is -0.462 e. The highest BCUT2D eigenvalue weighted by atomic mass is 16.7. The number of carbonyl (C=O) groups is 2. The quantitative estimate of drug-likeness (QED) is 0.108. The lowest BCUT2D eigenvalue weighted by Crippen LogP contribution is -2.41. The van der Waals surface area contributed by atoms with Crippen molar-refractivity contribution >= 4 is 11.9 Å². The highest BCUT2D eigenvalue weighted by Gasteiger charge is 2.60. The number of nitrogens with one attached hydrogen (secondary N) is 1. The molecule has 234 valence electrons. The third-order valence-corrected chi connectivity index (χ3v) is 10.8. The molecule has 0 aromatic carbocycles. The van der Waals surface area contributed by atoms with Gasteiger partial charge in [0, 0.05) is 24.8 Å². The molecule has 8 heteroatoms. The van der Waals surface area contributed by atoms with Crippen LogP contribution in [0.2, 0.25) is 0 Å². The topological polar surface area (TPSA) is 131 Å². The highest BCUT2D eigenvalue weighted by molar-refractivity contribution is 5.70. The first-order valence-corrected chi connectivity index (χ1v) is 15.5. The van der Waals surface area contributed by atoms with Crippen LogP contribution in [-0.4, -0.2) is 53.6 Å². The number of cyclic esters (lactones) is 1. The average Bonchev–Trinajstić information content (AvgIpc) is 3.55. The predicted octanol–water partition coefficient (Wildman–Crippen LogP) is 5.14. The number of hydrogen-bond acceptors (Lipinski definition) is 8. The van der Waals surface area contributed by atoms with E-state index in [2.05, 4.69) is 67.8 Å². The third kappa shape index (κ3) is 9.14. The number of aliphatic hydroxyl groups is 2. The summed E-state index contributed by atoms with van der Waals surface area (Å²) < 4.78 is 5.67. The van der Waals surface area contributed by atoms with E-state index in [4.69, 9.17) is 15.3 Å². The Kier molecular flexibility index (Phi) is 12.1. The molecule has 2 fully saturated rings. The van der Waals surface area contributed by atoms with Crippen LogP contribution >= 0.6 is 0 Å². The van der Waals surface area contributed by atoms with Gasteiger partial charge in [-0.2, -0.15) is 5.48 Å². The molecule has 1 aliphatic heterocycles. The van der Waals surface area contributed by atoms with Crippen molar-refractivity contribution < 1.29 is 29.4 Å². The minimum atomic E-state index is -0.968. The summed E-state index contributed by atoms with van der Waals surface area (Å²) in [5.74, 6) is 0.546. The lowest BCUT2D eigenvalue weighted by Gasteiger charge is -2.43. The maximum absolute atomic E-state index is 12.3. The van der Waals surface area contributed by atoms with Crippen LogP contribution in [0.4, 0.5) is 0 Å². The second-order valence-corrected chi connectivity index (χ2v) is 15.3. The molecule has 0 radical (unpaired) electrons. The average molecular weight is 569 g/mol. The molecule has 1 heterocycles. The molecule has 1 saturated heterocycles. The van der Waals surface area contributed by atoms with Gasteiger partial charge in [-0.05, 0) is 79.1 Å². The standard InChI is InChI=1S/C32H60N2O6/c1-21(29(3,4)20-30(5,6)26-11-10-12-27(37)39-26)14-16-34-40-28(38)18-23(35)17-25(36)31(7,8)24-19-32(24,9)22(2)13-15-33/h21-26,34-36H,10-20,33H2,1-9H3/t21-,22-,23-,24?,25+,26+,32?/m1/s1. The van der Waals surface area contributed by atoms with E-state index >= 15 is 0 Å². The number of carbonyl (C=O) groups excluding carboxylic acids is 2. The van der Waals surface area contributed by atoms with Crippen LogP contribution in [0.25, 0.3) is 0 Å². The van der Waals surface area contributed by atoms with Crippen molar-refractivity contribution in [1.29, 1.82) is 0 Å². The van der Waals surface area contributed by atoms with Crippen LogP contribution in [0.3, 0.4) is 0 Å². The molecule has 0 aromatic rings. The van der Waals surface area contributed by atoms with Crippen molar-refractivity contribution in [2.75, 3.05) is 13.1 Å².